The van der Waals surface area contributed by atoms with Gasteiger partial charge in [-0.15, -0.1) is 0 Å². The van der Waals surface area contributed by atoms with E-state index in [2.05, 4.69) is 20.4 Å². The first-order valence-corrected chi connectivity index (χ1v) is 7.86. The molecule has 2 aromatic heterocycles. The highest BCUT2D eigenvalue weighted by Gasteiger charge is 2.23. The zero-order valence-corrected chi connectivity index (χ0v) is 13.6. The van der Waals surface area contributed by atoms with Crippen LogP contribution >= 0.6 is 0 Å². The number of carbonyl (C=O) groups excluding carboxylic acids is 1. The molecule has 0 saturated heterocycles. The van der Waals surface area contributed by atoms with Crippen LogP contribution in [0.15, 0.2) is 18.3 Å². The second kappa shape index (κ2) is 6.36. The van der Waals surface area contributed by atoms with Crippen LogP contribution in [0.3, 0.4) is 0 Å². The second-order valence-electron chi connectivity index (χ2n) is 5.99. The minimum absolute atomic E-state index is 0.157. The highest BCUT2D eigenvalue weighted by molar-refractivity contribution is 5.94. The van der Waals surface area contributed by atoms with E-state index in [-0.39, 0.29) is 18.1 Å². The lowest BCUT2D eigenvalue weighted by atomic mass is 10.1. The molecule has 1 unspecified atom stereocenters. The number of ether oxygens (including phenoxy) is 1. The third-order valence-electron chi connectivity index (χ3n) is 3.68. The topological polar surface area (TPSA) is 81.9 Å². The molecule has 0 saturated carbocycles. The van der Waals surface area contributed by atoms with E-state index in [4.69, 9.17) is 4.74 Å². The van der Waals surface area contributed by atoms with Crippen molar-refractivity contribution in [1.29, 1.82) is 0 Å². The summed E-state index contributed by atoms with van der Waals surface area (Å²) in [4.78, 5) is 20.9. The molecule has 0 aromatic carbocycles. The largest absolute Gasteiger partial charge is 0.459 e. The number of carbonyl (C=O) groups is 1. The Morgan fingerprint density at radius 3 is 3.09 bits per heavy atom. The molecule has 1 aliphatic heterocycles. The number of esters is 1. The van der Waals surface area contributed by atoms with Gasteiger partial charge in [0.15, 0.2) is 0 Å². The van der Waals surface area contributed by atoms with E-state index in [0.29, 0.717) is 17.9 Å². The summed E-state index contributed by atoms with van der Waals surface area (Å²) < 4.78 is 7.20. The molecule has 1 aliphatic rings. The van der Waals surface area contributed by atoms with Gasteiger partial charge < -0.3 is 10.1 Å². The molecule has 0 bridgehead atoms. The van der Waals surface area contributed by atoms with Crippen molar-refractivity contribution in [3.8, 4) is 0 Å². The summed E-state index contributed by atoms with van der Waals surface area (Å²) in [5.41, 5.74) is 0.460. The van der Waals surface area contributed by atoms with Gasteiger partial charge in [0.2, 0.25) is 0 Å². The summed E-state index contributed by atoms with van der Waals surface area (Å²) in [7, 11) is 0. The van der Waals surface area contributed by atoms with Gasteiger partial charge in [-0.3, -0.25) is 0 Å². The number of pyridine rings is 1. The van der Waals surface area contributed by atoms with Crippen molar-refractivity contribution >= 4 is 11.8 Å². The minimum Gasteiger partial charge on any atom is -0.459 e. The molecule has 1 atom stereocenters. The summed E-state index contributed by atoms with van der Waals surface area (Å²) in [6.45, 7) is 6.27. The normalized spacial score (nSPS) is 17.0. The predicted molar refractivity (Wildman–Crippen MR) is 85.3 cm³/mol. The van der Waals surface area contributed by atoms with E-state index < -0.39 is 0 Å². The van der Waals surface area contributed by atoms with Gasteiger partial charge in [-0.2, -0.15) is 5.10 Å². The Hall–Kier alpha value is -2.44. The van der Waals surface area contributed by atoms with Gasteiger partial charge in [0.1, 0.15) is 23.0 Å². The van der Waals surface area contributed by atoms with Crippen LogP contribution in [0.4, 0.5) is 5.82 Å². The Kier molecular flexibility index (Phi) is 4.27. The number of hydrogen-bond acceptors (Lipinski definition) is 6. The Bertz CT molecular complexity index is 710. The Morgan fingerprint density at radius 1 is 1.48 bits per heavy atom. The Balaban J connectivity index is 1.75. The molecular weight excluding hydrogens is 294 g/mol. The van der Waals surface area contributed by atoms with E-state index in [0.717, 1.165) is 24.5 Å². The maximum absolute atomic E-state index is 12.2. The third-order valence-corrected chi connectivity index (χ3v) is 3.68. The van der Waals surface area contributed by atoms with Crippen molar-refractivity contribution in [2.45, 2.75) is 52.3 Å². The van der Waals surface area contributed by atoms with Gasteiger partial charge in [-0.25, -0.2) is 19.4 Å². The lowest BCUT2D eigenvalue weighted by Gasteiger charge is -2.24. The van der Waals surface area contributed by atoms with Gasteiger partial charge in [0.25, 0.3) is 0 Å². The van der Waals surface area contributed by atoms with E-state index in [1.54, 1.807) is 18.3 Å². The molecule has 0 amide bonds. The SMILES string of the molecule is Cc1nc2n(n1)CC(Nc1ncccc1C(=O)OC(C)C)CC2. The van der Waals surface area contributed by atoms with Crippen molar-refractivity contribution in [3.63, 3.8) is 0 Å². The van der Waals surface area contributed by atoms with Crippen LogP contribution in [-0.4, -0.2) is 37.9 Å². The number of aryl methyl sites for hydroxylation is 2. The van der Waals surface area contributed by atoms with Crippen LogP contribution < -0.4 is 5.32 Å². The monoisotopic (exact) mass is 315 g/mol. The smallest absolute Gasteiger partial charge is 0.342 e. The summed E-state index contributed by atoms with van der Waals surface area (Å²) in [6.07, 6.45) is 3.29. The maximum Gasteiger partial charge on any atom is 0.342 e. The van der Waals surface area contributed by atoms with Gasteiger partial charge in [0, 0.05) is 18.7 Å². The third kappa shape index (κ3) is 3.49. The minimum atomic E-state index is -0.358. The Labute approximate surface area is 135 Å². The number of hydrogen-bond donors (Lipinski definition) is 1. The van der Waals surface area contributed by atoms with Crippen LogP contribution in [0.5, 0.6) is 0 Å². The van der Waals surface area contributed by atoms with E-state index in [9.17, 15) is 4.79 Å². The maximum atomic E-state index is 12.2. The van der Waals surface area contributed by atoms with Crippen molar-refractivity contribution in [3.05, 3.63) is 35.5 Å². The number of aromatic nitrogens is 4. The van der Waals surface area contributed by atoms with Gasteiger partial charge >= 0.3 is 5.97 Å². The molecular formula is C16H21N5O2. The van der Waals surface area contributed by atoms with Crippen molar-refractivity contribution < 1.29 is 9.53 Å². The fraction of sp³-hybridized carbons (Fsp3) is 0.500. The van der Waals surface area contributed by atoms with Crippen LogP contribution in [0.1, 0.15) is 42.3 Å². The fourth-order valence-corrected chi connectivity index (χ4v) is 2.71. The lowest BCUT2D eigenvalue weighted by molar-refractivity contribution is 0.0378. The molecule has 0 radical (unpaired) electrons. The molecule has 3 rings (SSSR count). The summed E-state index contributed by atoms with van der Waals surface area (Å²) in [5.74, 6) is 2.01. The van der Waals surface area contributed by atoms with Crippen LogP contribution in [0.2, 0.25) is 0 Å². The quantitative estimate of drug-likeness (QED) is 0.869. The average molecular weight is 315 g/mol. The molecule has 122 valence electrons. The number of fused-ring (bicyclic) bond motifs is 1. The van der Waals surface area contributed by atoms with Gasteiger partial charge in [-0.05, 0) is 39.3 Å². The predicted octanol–water partition coefficient (Wildman–Crippen LogP) is 1.97. The number of nitrogens with zero attached hydrogens (tertiary/aromatic N) is 4. The summed E-state index contributed by atoms with van der Waals surface area (Å²) in [6, 6.07) is 3.62. The second-order valence-corrected chi connectivity index (χ2v) is 5.99. The van der Waals surface area contributed by atoms with Crippen LogP contribution in [-0.2, 0) is 17.7 Å². The summed E-state index contributed by atoms with van der Waals surface area (Å²) in [5, 5.41) is 7.75. The first-order chi connectivity index (χ1) is 11.0. The van der Waals surface area contributed by atoms with Crippen LogP contribution in [0, 0.1) is 6.92 Å². The van der Waals surface area contributed by atoms with E-state index in [1.165, 1.54) is 0 Å². The standard InChI is InChI=1S/C16H21N5O2/c1-10(2)23-16(22)13-5-4-8-17-15(13)19-12-6-7-14-18-11(3)20-21(14)9-12/h4-5,8,10,12H,6-7,9H2,1-3H3,(H,17,19). The number of nitrogens with one attached hydrogen (secondary N) is 1. The fourth-order valence-electron chi connectivity index (χ4n) is 2.71. The summed E-state index contributed by atoms with van der Waals surface area (Å²) >= 11 is 0. The molecule has 3 heterocycles. The van der Waals surface area contributed by atoms with Gasteiger partial charge in [0.05, 0.1) is 12.6 Å². The molecule has 7 heteroatoms. The van der Waals surface area contributed by atoms with Crippen LogP contribution in [0.25, 0.3) is 0 Å². The average Bonchev–Trinajstić information content (AvgIpc) is 2.86. The molecule has 23 heavy (non-hydrogen) atoms. The highest BCUT2D eigenvalue weighted by Crippen LogP contribution is 2.20. The number of anilines is 1. The molecule has 1 N–H and O–H groups in total. The highest BCUT2D eigenvalue weighted by atomic mass is 16.5. The first-order valence-electron chi connectivity index (χ1n) is 7.86. The van der Waals surface area contributed by atoms with E-state index in [1.807, 2.05) is 25.5 Å². The Morgan fingerprint density at radius 2 is 2.30 bits per heavy atom. The molecule has 0 fully saturated rings. The zero-order chi connectivity index (χ0) is 16.4. The van der Waals surface area contributed by atoms with Crippen molar-refractivity contribution in [2.24, 2.45) is 0 Å². The van der Waals surface area contributed by atoms with Crippen molar-refractivity contribution in [2.75, 3.05) is 5.32 Å². The molecule has 0 spiro atoms. The van der Waals surface area contributed by atoms with Gasteiger partial charge in [-0.1, -0.05) is 0 Å². The van der Waals surface area contributed by atoms with E-state index >= 15 is 0 Å². The molecule has 2 aromatic rings. The molecule has 7 nitrogen and oxygen atoms in total. The number of rotatable bonds is 4. The lowest BCUT2D eigenvalue weighted by Crippen LogP contribution is -2.33. The molecule has 0 aliphatic carbocycles. The zero-order valence-electron chi connectivity index (χ0n) is 13.6. The first kappa shape index (κ1) is 15.5. The van der Waals surface area contributed by atoms with Crippen molar-refractivity contribution in [1.82, 2.24) is 19.7 Å².